The number of hydrogen-bond donors (Lipinski definition) is 1. The van der Waals surface area contributed by atoms with E-state index in [0.29, 0.717) is 18.7 Å². The molecule has 0 aliphatic rings. The van der Waals surface area contributed by atoms with Gasteiger partial charge >= 0.3 is 0 Å². The van der Waals surface area contributed by atoms with E-state index in [4.69, 9.17) is 4.74 Å². The van der Waals surface area contributed by atoms with E-state index < -0.39 is 0 Å². The number of rotatable bonds is 5. The Balaban J connectivity index is 1.81. The van der Waals surface area contributed by atoms with Crippen LogP contribution in [0.25, 0.3) is 0 Å². The van der Waals surface area contributed by atoms with Gasteiger partial charge in [-0.05, 0) is 37.1 Å². The van der Waals surface area contributed by atoms with Gasteiger partial charge in [-0.1, -0.05) is 36.4 Å². The third-order valence-electron chi connectivity index (χ3n) is 3.13. The molecule has 0 bridgehead atoms. The van der Waals surface area contributed by atoms with E-state index in [2.05, 4.69) is 5.32 Å². The van der Waals surface area contributed by atoms with Gasteiger partial charge in [0.15, 0.2) is 0 Å². The van der Waals surface area contributed by atoms with Crippen LogP contribution in [0.5, 0.6) is 5.75 Å². The molecule has 0 spiro atoms. The first-order valence-electron chi connectivity index (χ1n) is 6.71. The molecule has 0 aliphatic heterocycles. The second kappa shape index (κ2) is 6.75. The summed E-state index contributed by atoms with van der Waals surface area (Å²) in [5.41, 5.74) is 2.78. The normalized spacial score (nSPS) is 10.1. The Kier molecular flexibility index (Phi) is 4.77. The molecule has 1 amide bonds. The Morgan fingerprint density at radius 2 is 1.65 bits per heavy atom. The minimum atomic E-state index is -0.0588. The number of nitrogens with one attached hydrogen (secondary N) is 1. The molecule has 0 aliphatic carbocycles. The van der Waals surface area contributed by atoms with Gasteiger partial charge in [0.1, 0.15) is 12.4 Å². The van der Waals surface area contributed by atoms with Gasteiger partial charge in [0, 0.05) is 5.56 Å². The van der Waals surface area contributed by atoms with Crippen LogP contribution in [0.1, 0.15) is 21.5 Å². The summed E-state index contributed by atoms with van der Waals surface area (Å²) >= 11 is 0. The smallest absolute Gasteiger partial charge is 0.251 e. The van der Waals surface area contributed by atoms with E-state index >= 15 is 0 Å². The maximum Gasteiger partial charge on any atom is 0.251 e. The van der Waals surface area contributed by atoms with Crippen molar-refractivity contribution in [3.63, 3.8) is 0 Å². The number of hydrogen-bond acceptors (Lipinski definition) is 2. The average molecular weight is 269 g/mol. The number of para-hydroxylation sites is 1. The van der Waals surface area contributed by atoms with Crippen molar-refractivity contribution in [1.29, 1.82) is 0 Å². The van der Waals surface area contributed by atoms with E-state index in [1.165, 1.54) is 0 Å². The molecule has 20 heavy (non-hydrogen) atoms. The third-order valence-corrected chi connectivity index (χ3v) is 3.13. The van der Waals surface area contributed by atoms with E-state index in [-0.39, 0.29) is 5.91 Å². The summed E-state index contributed by atoms with van der Waals surface area (Å²) in [7, 11) is 0. The van der Waals surface area contributed by atoms with Crippen molar-refractivity contribution in [2.75, 3.05) is 13.2 Å². The molecule has 0 unspecified atom stereocenters. The van der Waals surface area contributed by atoms with Crippen molar-refractivity contribution in [2.24, 2.45) is 0 Å². The molecule has 0 fully saturated rings. The van der Waals surface area contributed by atoms with E-state index in [0.717, 1.165) is 16.9 Å². The highest BCUT2D eigenvalue weighted by atomic mass is 16.5. The van der Waals surface area contributed by atoms with Crippen LogP contribution in [0.15, 0.2) is 48.5 Å². The molecule has 3 heteroatoms. The Morgan fingerprint density at radius 1 is 1.00 bits per heavy atom. The topological polar surface area (TPSA) is 38.3 Å². The van der Waals surface area contributed by atoms with Crippen LogP contribution in [0.4, 0.5) is 0 Å². The number of carbonyl (C=O) groups excluding carboxylic acids is 1. The molecular formula is C17H19NO2. The summed E-state index contributed by atoms with van der Waals surface area (Å²) in [4.78, 5) is 12.0. The maximum absolute atomic E-state index is 12.0. The Hall–Kier alpha value is -2.29. The monoisotopic (exact) mass is 269 g/mol. The van der Waals surface area contributed by atoms with Crippen molar-refractivity contribution in [3.05, 3.63) is 65.2 Å². The minimum Gasteiger partial charge on any atom is -0.491 e. The molecule has 104 valence electrons. The summed E-state index contributed by atoms with van der Waals surface area (Å²) < 4.78 is 5.64. The number of benzene rings is 2. The van der Waals surface area contributed by atoms with Crippen molar-refractivity contribution >= 4 is 5.91 Å². The van der Waals surface area contributed by atoms with E-state index in [9.17, 15) is 4.79 Å². The molecule has 3 nitrogen and oxygen atoms in total. The summed E-state index contributed by atoms with van der Waals surface area (Å²) in [5, 5.41) is 2.87. The zero-order chi connectivity index (χ0) is 14.4. The zero-order valence-electron chi connectivity index (χ0n) is 11.8. The Bertz CT molecular complexity index is 593. The molecule has 0 atom stereocenters. The highest BCUT2D eigenvalue weighted by molar-refractivity contribution is 5.95. The van der Waals surface area contributed by atoms with Gasteiger partial charge in [-0.3, -0.25) is 4.79 Å². The van der Waals surface area contributed by atoms with Crippen LogP contribution in [0.3, 0.4) is 0 Å². The fourth-order valence-electron chi connectivity index (χ4n) is 1.97. The minimum absolute atomic E-state index is 0.0588. The fourth-order valence-corrected chi connectivity index (χ4v) is 1.97. The first-order valence-corrected chi connectivity index (χ1v) is 6.71. The van der Waals surface area contributed by atoms with Gasteiger partial charge in [0.05, 0.1) is 6.54 Å². The molecule has 0 saturated carbocycles. The van der Waals surface area contributed by atoms with Gasteiger partial charge in [-0.2, -0.15) is 0 Å². The molecule has 0 aromatic heterocycles. The lowest BCUT2D eigenvalue weighted by molar-refractivity contribution is 0.0946. The van der Waals surface area contributed by atoms with Gasteiger partial charge in [-0.25, -0.2) is 0 Å². The standard InChI is InChI=1S/C17H19NO2/c1-13-7-3-5-9-15(13)17(19)18-11-12-20-16-10-6-4-8-14(16)2/h3-10H,11-12H2,1-2H3,(H,18,19). The first-order chi connectivity index (χ1) is 9.68. The van der Waals surface area contributed by atoms with Crippen molar-refractivity contribution in [1.82, 2.24) is 5.32 Å². The van der Waals surface area contributed by atoms with Crippen LogP contribution in [0, 0.1) is 13.8 Å². The van der Waals surface area contributed by atoms with E-state index in [1.54, 1.807) is 0 Å². The van der Waals surface area contributed by atoms with Gasteiger partial charge in [0.2, 0.25) is 0 Å². The molecule has 0 saturated heterocycles. The molecule has 2 aromatic rings. The summed E-state index contributed by atoms with van der Waals surface area (Å²) in [6.07, 6.45) is 0. The maximum atomic E-state index is 12.0. The van der Waals surface area contributed by atoms with Crippen molar-refractivity contribution in [3.8, 4) is 5.75 Å². The number of ether oxygens (including phenoxy) is 1. The van der Waals surface area contributed by atoms with Crippen molar-refractivity contribution < 1.29 is 9.53 Å². The fraction of sp³-hybridized carbons (Fsp3) is 0.235. The highest BCUT2D eigenvalue weighted by Crippen LogP contribution is 2.15. The largest absolute Gasteiger partial charge is 0.491 e. The quantitative estimate of drug-likeness (QED) is 0.847. The van der Waals surface area contributed by atoms with Crippen molar-refractivity contribution in [2.45, 2.75) is 13.8 Å². The number of aryl methyl sites for hydroxylation is 2. The molecule has 2 aromatic carbocycles. The first kappa shape index (κ1) is 14.1. The lowest BCUT2D eigenvalue weighted by Crippen LogP contribution is -2.28. The molecule has 1 N–H and O–H groups in total. The van der Waals surface area contributed by atoms with Crippen LogP contribution in [0.2, 0.25) is 0 Å². The molecule has 0 radical (unpaired) electrons. The lowest BCUT2D eigenvalue weighted by Gasteiger charge is -2.10. The third kappa shape index (κ3) is 3.60. The second-order valence-corrected chi connectivity index (χ2v) is 4.68. The van der Waals surface area contributed by atoms with Crippen LogP contribution >= 0.6 is 0 Å². The predicted octanol–water partition coefficient (Wildman–Crippen LogP) is 3.11. The predicted molar refractivity (Wildman–Crippen MR) is 80.2 cm³/mol. The molecule has 0 heterocycles. The van der Waals surface area contributed by atoms with Crippen LogP contribution in [-0.4, -0.2) is 19.1 Å². The lowest BCUT2D eigenvalue weighted by atomic mass is 10.1. The average Bonchev–Trinajstić information content (AvgIpc) is 2.45. The Labute approximate surface area is 119 Å². The second-order valence-electron chi connectivity index (χ2n) is 4.68. The van der Waals surface area contributed by atoms with Gasteiger partial charge in [0.25, 0.3) is 5.91 Å². The summed E-state index contributed by atoms with van der Waals surface area (Å²) in [5.74, 6) is 0.800. The van der Waals surface area contributed by atoms with Gasteiger partial charge in [-0.15, -0.1) is 0 Å². The summed E-state index contributed by atoms with van der Waals surface area (Å²) in [6.45, 7) is 4.88. The van der Waals surface area contributed by atoms with Gasteiger partial charge < -0.3 is 10.1 Å². The zero-order valence-corrected chi connectivity index (χ0v) is 11.8. The Morgan fingerprint density at radius 3 is 2.35 bits per heavy atom. The molecule has 2 rings (SSSR count). The number of carbonyl (C=O) groups is 1. The summed E-state index contributed by atoms with van der Waals surface area (Å²) in [6, 6.07) is 15.4. The highest BCUT2D eigenvalue weighted by Gasteiger charge is 2.07. The SMILES string of the molecule is Cc1ccccc1OCCNC(=O)c1ccccc1C. The van der Waals surface area contributed by atoms with Crippen LogP contribution < -0.4 is 10.1 Å². The molecular weight excluding hydrogens is 250 g/mol. The van der Waals surface area contributed by atoms with Crippen LogP contribution in [-0.2, 0) is 0 Å². The van der Waals surface area contributed by atoms with E-state index in [1.807, 2.05) is 62.4 Å². The number of amides is 1.